The number of anilines is 2. The normalized spacial score (nSPS) is 14.5. The van der Waals surface area contributed by atoms with Crippen LogP contribution in [0.3, 0.4) is 0 Å². The first-order chi connectivity index (χ1) is 15.3. The smallest absolute Gasteiger partial charge is 0.410 e. The van der Waals surface area contributed by atoms with Gasteiger partial charge in [-0.3, -0.25) is 15.0 Å². The Labute approximate surface area is 192 Å². The van der Waals surface area contributed by atoms with Crippen LogP contribution in [0.15, 0.2) is 43.0 Å². The average molecular weight is 455 g/mol. The van der Waals surface area contributed by atoms with Gasteiger partial charge < -0.3 is 19.9 Å². The third-order valence-electron chi connectivity index (χ3n) is 5.18. The average Bonchev–Trinajstić information content (AvgIpc) is 2.77. The predicted molar refractivity (Wildman–Crippen MR) is 126 cm³/mol. The van der Waals surface area contributed by atoms with Crippen LogP contribution in [0.1, 0.15) is 26.3 Å². The number of piperazine rings is 1. The fraction of sp³-hybridized carbons (Fsp3) is 0.391. The minimum absolute atomic E-state index is 0.265. The molecule has 168 valence electrons. The second-order valence-corrected chi connectivity index (χ2v) is 9.10. The Balaban J connectivity index is 1.43. The Hall–Kier alpha value is -3.13. The van der Waals surface area contributed by atoms with Crippen LogP contribution in [0.25, 0.3) is 11.0 Å². The number of pyridine rings is 1. The molecule has 0 saturated carbocycles. The van der Waals surface area contributed by atoms with Gasteiger partial charge >= 0.3 is 6.09 Å². The van der Waals surface area contributed by atoms with Gasteiger partial charge in [-0.15, -0.1) is 0 Å². The van der Waals surface area contributed by atoms with Crippen LogP contribution in [-0.2, 0) is 11.3 Å². The number of carbonyl (C=O) groups excluding carboxylic acids is 1. The lowest BCUT2D eigenvalue weighted by molar-refractivity contribution is 0.0240. The number of aromatic nitrogens is 3. The number of fused-ring (bicyclic) bond motifs is 1. The summed E-state index contributed by atoms with van der Waals surface area (Å²) in [5.74, 6) is 0. The fourth-order valence-corrected chi connectivity index (χ4v) is 3.83. The van der Waals surface area contributed by atoms with Crippen LogP contribution in [0.4, 0.5) is 16.2 Å². The molecule has 1 N–H and O–H groups in total. The Morgan fingerprint density at radius 1 is 1.09 bits per heavy atom. The summed E-state index contributed by atoms with van der Waals surface area (Å²) in [7, 11) is 0. The molecule has 9 heteroatoms. The summed E-state index contributed by atoms with van der Waals surface area (Å²) in [6, 6.07) is 5.77. The van der Waals surface area contributed by atoms with E-state index in [-0.39, 0.29) is 6.09 Å². The molecule has 1 aromatic carbocycles. The van der Waals surface area contributed by atoms with Crippen LogP contribution in [0, 0.1) is 0 Å². The third kappa shape index (κ3) is 5.19. The lowest BCUT2D eigenvalue weighted by Crippen LogP contribution is -2.50. The van der Waals surface area contributed by atoms with Gasteiger partial charge in [0.15, 0.2) is 0 Å². The summed E-state index contributed by atoms with van der Waals surface area (Å²) >= 11 is 6.47. The molecule has 2 aromatic heterocycles. The first-order valence-corrected chi connectivity index (χ1v) is 11.0. The third-order valence-corrected chi connectivity index (χ3v) is 5.53. The van der Waals surface area contributed by atoms with Crippen molar-refractivity contribution in [3.05, 3.63) is 53.6 Å². The first-order valence-electron chi connectivity index (χ1n) is 10.6. The zero-order valence-corrected chi connectivity index (χ0v) is 19.3. The Morgan fingerprint density at radius 3 is 2.47 bits per heavy atom. The monoisotopic (exact) mass is 454 g/mol. The summed E-state index contributed by atoms with van der Waals surface area (Å²) in [6.07, 6.45) is 6.65. The summed E-state index contributed by atoms with van der Waals surface area (Å²) in [4.78, 5) is 29.3. The molecular weight excluding hydrogens is 428 g/mol. The van der Waals surface area contributed by atoms with Crippen molar-refractivity contribution in [2.24, 2.45) is 0 Å². The number of hydrogen-bond acceptors (Lipinski definition) is 7. The molecule has 1 saturated heterocycles. The Kier molecular flexibility index (Phi) is 6.32. The van der Waals surface area contributed by atoms with Gasteiger partial charge in [-0.2, -0.15) is 0 Å². The molecule has 1 aliphatic rings. The zero-order chi connectivity index (χ0) is 22.7. The number of rotatable bonds is 4. The van der Waals surface area contributed by atoms with E-state index < -0.39 is 5.60 Å². The molecule has 0 aliphatic carbocycles. The van der Waals surface area contributed by atoms with Crippen LogP contribution in [0.5, 0.6) is 0 Å². The quantitative estimate of drug-likeness (QED) is 0.627. The highest BCUT2D eigenvalue weighted by atomic mass is 35.5. The first kappa shape index (κ1) is 22.1. The van der Waals surface area contributed by atoms with E-state index in [0.717, 1.165) is 28.0 Å². The summed E-state index contributed by atoms with van der Waals surface area (Å²) in [6.45, 7) is 8.80. The van der Waals surface area contributed by atoms with Gasteiger partial charge in [-0.25, -0.2) is 4.79 Å². The molecular formula is C23H27ClN6O2. The summed E-state index contributed by atoms with van der Waals surface area (Å²) in [5.41, 5.74) is 3.97. The van der Waals surface area contributed by atoms with E-state index in [1.165, 1.54) is 0 Å². The van der Waals surface area contributed by atoms with Crippen LogP contribution in [-0.4, -0.2) is 57.7 Å². The summed E-state index contributed by atoms with van der Waals surface area (Å²) < 4.78 is 5.50. The molecule has 0 atom stereocenters. The Bertz CT molecular complexity index is 1110. The van der Waals surface area contributed by atoms with Crippen LogP contribution >= 0.6 is 11.6 Å². The van der Waals surface area contributed by atoms with E-state index >= 15 is 0 Å². The number of halogens is 1. The van der Waals surface area contributed by atoms with Crippen LogP contribution < -0.4 is 10.2 Å². The van der Waals surface area contributed by atoms with E-state index in [9.17, 15) is 4.79 Å². The van der Waals surface area contributed by atoms with E-state index in [0.29, 0.717) is 37.7 Å². The maximum absolute atomic E-state index is 12.3. The number of nitrogens with zero attached hydrogens (tertiary/aromatic N) is 5. The number of carbonyl (C=O) groups is 1. The van der Waals surface area contributed by atoms with Gasteiger partial charge in [0.1, 0.15) is 5.60 Å². The van der Waals surface area contributed by atoms with Gasteiger partial charge in [0, 0.05) is 56.3 Å². The van der Waals surface area contributed by atoms with Crippen molar-refractivity contribution in [3.63, 3.8) is 0 Å². The highest BCUT2D eigenvalue weighted by Crippen LogP contribution is 2.28. The van der Waals surface area contributed by atoms with Crippen molar-refractivity contribution >= 4 is 40.1 Å². The lowest BCUT2D eigenvalue weighted by Gasteiger charge is -2.37. The number of hydrogen-bond donors (Lipinski definition) is 1. The minimum Gasteiger partial charge on any atom is -0.444 e. The molecule has 1 fully saturated rings. The van der Waals surface area contributed by atoms with Crippen molar-refractivity contribution in [1.29, 1.82) is 0 Å². The van der Waals surface area contributed by atoms with Crippen molar-refractivity contribution in [3.8, 4) is 0 Å². The maximum Gasteiger partial charge on any atom is 0.410 e. The lowest BCUT2D eigenvalue weighted by atomic mass is 10.1. The molecule has 3 heterocycles. The van der Waals surface area contributed by atoms with Crippen LogP contribution in [0.2, 0.25) is 5.02 Å². The molecule has 0 bridgehead atoms. The number of benzene rings is 1. The minimum atomic E-state index is -0.494. The van der Waals surface area contributed by atoms with Crippen molar-refractivity contribution < 1.29 is 9.53 Å². The highest BCUT2D eigenvalue weighted by Gasteiger charge is 2.26. The second-order valence-electron chi connectivity index (χ2n) is 8.69. The summed E-state index contributed by atoms with van der Waals surface area (Å²) in [5, 5.41) is 4.10. The molecule has 32 heavy (non-hydrogen) atoms. The van der Waals surface area contributed by atoms with Gasteiger partial charge in [0.2, 0.25) is 0 Å². The molecule has 4 rings (SSSR count). The van der Waals surface area contributed by atoms with Gasteiger partial charge in [-0.1, -0.05) is 11.6 Å². The predicted octanol–water partition coefficient (Wildman–Crippen LogP) is 4.35. The van der Waals surface area contributed by atoms with E-state index in [1.807, 2.05) is 45.2 Å². The maximum atomic E-state index is 12.3. The van der Waals surface area contributed by atoms with E-state index in [2.05, 4.69) is 25.2 Å². The molecule has 0 unspecified atom stereocenters. The number of nitrogens with one attached hydrogen (secondary N) is 1. The molecule has 0 radical (unpaired) electrons. The van der Waals surface area contributed by atoms with Crippen molar-refractivity contribution in [2.75, 3.05) is 36.4 Å². The van der Waals surface area contributed by atoms with Gasteiger partial charge in [0.05, 0.1) is 28.6 Å². The fourth-order valence-electron chi connectivity index (χ4n) is 3.61. The standard InChI is InChI=1S/C23H27ClN6O2/c1-23(2,3)32-22(31)30-10-8-29(9-11-30)21-4-5-25-15-20(21)28-14-16-12-18-19(13-17(16)24)27-7-6-26-18/h4-7,12-13,15,28H,8-11,14H2,1-3H3. The molecule has 8 nitrogen and oxygen atoms in total. The molecule has 0 spiro atoms. The molecule has 3 aromatic rings. The molecule has 1 amide bonds. The topological polar surface area (TPSA) is 83.5 Å². The SMILES string of the molecule is CC(C)(C)OC(=O)N1CCN(c2ccncc2NCc2cc3nccnc3cc2Cl)CC1. The number of ether oxygens (including phenoxy) is 1. The van der Waals surface area contributed by atoms with E-state index in [4.69, 9.17) is 16.3 Å². The van der Waals surface area contributed by atoms with Gasteiger partial charge in [-0.05, 0) is 44.5 Å². The second kappa shape index (κ2) is 9.16. The zero-order valence-electron chi connectivity index (χ0n) is 18.5. The van der Waals surface area contributed by atoms with Crippen molar-refractivity contribution in [1.82, 2.24) is 19.9 Å². The highest BCUT2D eigenvalue weighted by molar-refractivity contribution is 6.32. The van der Waals surface area contributed by atoms with Crippen molar-refractivity contribution in [2.45, 2.75) is 32.9 Å². The number of amides is 1. The van der Waals surface area contributed by atoms with Gasteiger partial charge in [0.25, 0.3) is 0 Å². The van der Waals surface area contributed by atoms with E-state index in [1.54, 1.807) is 23.5 Å². The molecule has 1 aliphatic heterocycles. The Morgan fingerprint density at radius 2 is 1.78 bits per heavy atom. The largest absolute Gasteiger partial charge is 0.444 e.